The minimum absolute atomic E-state index is 0.0568. The molecule has 1 aliphatic heterocycles. The minimum Gasteiger partial charge on any atom is -0.323 e. The number of carbonyl (C=O) groups excluding carboxylic acids is 3. The number of carbonyl (C=O) groups is 3. The molecule has 4 amide bonds. The number of imide groups is 1. The van der Waals surface area contributed by atoms with Crippen molar-refractivity contribution in [3.05, 3.63) is 58.6 Å². The van der Waals surface area contributed by atoms with E-state index < -0.39 is 40.0 Å². The summed E-state index contributed by atoms with van der Waals surface area (Å²) in [7, 11) is -0.969. The van der Waals surface area contributed by atoms with E-state index in [4.69, 9.17) is 11.6 Å². The van der Waals surface area contributed by atoms with Crippen molar-refractivity contribution in [2.24, 2.45) is 0 Å². The molecule has 0 unspecified atom stereocenters. The molecule has 2 aromatic carbocycles. The summed E-state index contributed by atoms with van der Waals surface area (Å²) >= 11 is 6.12. The molecule has 9 nitrogen and oxygen atoms in total. The lowest BCUT2D eigenvalue weighted by molar-refractivity contribution is -0.134. The van der Waals surface area contributed by atoms with E-state index in [1.54, 1.807) is 12.1 Å². The lowest BCUT2D eigenvalue weighted by atomic mass is 9.92. The van der Waals surface area contributed by atoms with Gasteiger partial charge in [0.1, 0.15) is 12.1 Å². The first kappa shape index (κ1) is 22.3. The van der Waals surface area contributed by atoms with Gasteiger partial charge in [-0.3, -0.25) is 14.5 Å². The second kappa shape index (κ2) is 7.88. The van der Waals surface area contributed by atoms with Crippen molar-refractivity contribution in [2.75, 3.05) is 26.0 Å². The molecular weight excluding hydrogens is 456 g/mol. The lowest BCUT2D eigenvalue weighted by Crippen LogP contribution is -2.43. The molecule has 1 aliphatic carbocycles. The molecule has 2 aromatic rings. The standard InChI is InChI=1S/C21H21ClN4O5S/c1-25(2)32(30,31)14-7-8-16(22)17(11-14)23-18(27)12-26-19(28)21(24-20(26)29)10-9-13-5-3-4-6-15(13)21/h3-8,11H,9-10,12H2,1-2H3,(H,23,27)(H,24,29)/t21-/m0/s1. The highest BCUT2D eigenvalue weighted by atomic mass is 35.5. The molecule has 32 heavy (non-hydrogen) atoms. The van der Waals surface area contributed by atoms with Crippen LogP contribution in [-0.4, -0.2) is 56.1 Å². The normalized spacial score (nSPS) is 20.1. The second-order valence-electron chi connectivity index (χ2n) is 7.86. The van der Waals surface area contributed by atoms with E-state index in [1.165, 1.54) is 32.3 Å². The van der Waals surface area contributed by atoms with Gasteiger partial charge in [0.2, 0.25) is 15.9 Å². The molecule has 2 aliphatic rings. The summed E-state index contributed by atoms with van der Waals surface area (Å²) < 4.78 is 25.7. The number of urea groups is 1. The van der Waals surface area contributed by atoms with Crippen LogP contribution in [0.1, 0.15) is 17.5 Å². The maximum absolute atomic E-state index is 13.2. The summed E-state index contributed by atoms with van der Waals surface area (Å²) in [6.07, 6.45) is 1.07. The average Bonchev–Trinajstić information content (AvgIpc) is 3.23. The monoisotopic (exact) mass is 476 g/mol. The Kier molecular flexibility index (Phi) is 5.48. The van der Waals surface area contributed by atoms with Gasteiger partial charge in [-0.2, -0.15) is 0 Å². The Balaban J connectivity index is 1.54. The largest absolute Gasteiger partial charge is 0.325 e. The third-order valence-corrected chi connectivity index (χ3v) is 7.86. The Morgan fingerprint density at radius 1 is 1.22 bits per heavy atom. The van der Waals surface area contributed by atoms with Crippen LogP contribution < -0.4 is 10.6 Å². The topological polar surface area (TPSA) is 116 Å². The maximum atomic E-state index is 13.2. The fourth-order valence-corrected chi connectivity index (χ4v) is 5.13. The van der Waals surface area contributed by atoms with Gasteiger partial charge in [0, 0.05) is 14.1 Å². The van der Waals surface area contributed by atoms with Crippen molar-refractivity contribution < 1.29 is 22.8 Å². The third-order valence-electron chi connectivity index (χ3n) is 5.71. The quantitative estimate of drug-likeness (QED) is 0.639. The average molecular weight is 477 g/mol. The van der Waals surface area contributed by atoms with E-state index in [2.05, 4.69) is 10.6 Å². The van der Waals surface area contributed by atoms with Crippen molar-refractivity contribution in [3.8, 4) is 0 Å². The van der Waals surface area contributed by atoms with E-state index in [-0.39, 0.29) is 15.6 Å². The lowest BCUT2D eigenvalue weighted by Gasteiger charge is -2.22. The number of sulfonamides is 1. The zero-order valence-corrected chi connectivity index (χ0v) is 19.0. The number of benzene rings is 2. The highest BCUT2D eigenvalue weighted by molar-refractivity contribution is 7.89. The smallest absolute Gasteiger partial charge is 0.323 e. The summed E-state index contributed by atoms with van der Waals surface area (Å²) in [5.74, 6) is -1.17. The summed E-state index contributed by atoms with van der Waals surface area (Å²) in [6, 6.07) is 10.7. The minimum atomic E-state index is -3.74. The summed E-state index contributed by atoms with van der Waals surface area (Å²) in [6.45, 7) is -0.532. The molecule has 0 aromatic heterocycles. The SMILES string of the molecule is CN(C)S(=O)(=O)c1ccc(Cl)c(NC(=O)CN2C(=O)N[C@]3(CCc4ccccc43)C2=O)c1. The molecule has 1 spiro atoms. The van der Waals surface area contributed by atoms with E-state index in [0.717, 1.165) is 20.3 Å². The zero-order valence-electron chi connectivity index (χ0n) is 17.4. The molecule has 1 atom stereocenters. The molecule has 0 bridgehead atoms. The Morgan fingerprint density at radius 3 is 2.66 bits per heavy atom. The molecular formula is C21H21ClN4O5S. The Hall–Kier alpha value is -2.95. The molecule has 0 saturated carbocycles. The van der Waals surface area contributed by atoms with Crippen LogP contribution in [0.25, 0.3) is 0 Å². The number of anilines is 1. The Labute approximate surface area is 190 Å². The fraction of sp³-hybridized carbons (Fsp3) is 0.286. The number of hydrogen-bond donors (Lipinski definition) is 2. The van der Waals surface area contributed by atoms with Gasteiger partial charge in [0.15, 0.2) is 0 Å². The number of hydrogen-bond acceptors (Lipinski definition) is 5. The predicted octanol–water partition coefficient (Wildman–Crippen LogP) is 1.92. The highest BCUT2D eigenvalue weighted by Crippen LogP contribution is 2.41. The van der Waals surface area contributed by atoms with Crippen LogP contribution in [0.3, 0.4) is 0 Å². The predicted molar refractivity (Wildman–Crippen MR) is 118 cm³/mol. The fourth-order valence-electron chi connectivity index (χ4n) is 4.04. The summed E-state index contributed by atoms with van der Waals surface area (Å²) in [4.78, 5) is 39.2. The number of nitrogens with zero attached hydrogens (tertiary/aromatic N) is 2. The molecule has 0 radical (unpaired) electrons. The van der Waals surface area contributed by atoms with Gasteiger partial charge in [-0.25, -0.2) is 17.5 Å². The molecule has 1 heterocycles. The number of fused-ring (bicyclic) bond motifs is 2. The molecule has 11 heteroatoms. The van der Waals surface area contributed by atoms with E-state index >= 15 is 0 Å². The Morgan fingerprint density at radius 2 is 1.94 bits per heavy atom. The van der Waals surface area contributed by atoms with E-state index in [1.807, 2.05) is 12.1 Å². The van der Waals surface area contributed by atoms with Crippen LogP contribution in [-0.2, 0) is 31.6 Å². The number of halogens is 1. The molecule has 1 fully saturated rings. The second-order valence-corrected chi connectivity index (χ2v) is 10.4. The van der Waals surface area contributed by atoms with Crippen LogP contribution in [0.5, 0.6) is 0 Å². The molecule has 4 rings (SSSR count). The van der Waals surface area contributed by atoms with Crippen molar-refractivity contribution in [1.29, 1.82) is 0 Å². The first-order valence-corrected chi connectivity index (χ1v) is 11.6. The summed E-state index contributed by atoms with van der Waals surface area (Å²) in [5.41, 5.74) is 0.627. The highest BCUT2D eigenvalue weighted by Gasteiger charge is 2.55. The van der Waals surface area contributed by atoms with Gasteiger partial charge in [0.05, 0.1) is 15.6 Å². The first-order chi connectivity index (χ1) is 15.1. The number of amides is 4. The van der Waals surface area contributed by atoms with Gasteiger partial charge in [0.25, 0.3) is 5.91 Å². The van der Waals surface area contributed by atoms with Gasteiger partial charge in [-0.05, 0) is 42.2 Å². The third kappa shape index (κ3) is 3.54. The number of aryl methyl sites for hydroxylation is 1. The van der Waals surface area contributed by atoms with Crippen LogP contribution in [0.4, 0.5) is 10.5 Å². The Bertz CT molecular complexity index is 1250. The van der Waals surface area contributed by atoms with Crippen molar-refractivity contribution in [3.63, 3.8) is 0 Å². The number of nitrogens with one attached hydrogen (secondary N) is 2. The van der Waals surface area contributed by atoms with Crippen molar-refractivity contribution in [2.45, 2.75) is 23.3 Å². The van der Waals surface area contributed by atoms with Crippen LogP contribution in [0.2, 0.25) is 5.02 Å². The maximum Gasteiger partial charge on any atom is 0.325 e. The van der Waals surface area contributed by atoms with Crippen LogP contribution in [0.15, 0.2) is 47.4 Å². The molecule has 2 N–H and O–H groups in total. The van der Waals surface area contributed by atoms with Crippen molar-refractivity contribution in [1.82, 2.24) is 14.5 Å². The number of rotatable bonds is 5. The van der Waals surface area contributed by atoms with Gasteiger partial charge >= 0.3 is 6.03 Å². The van der Waals surface area contributed by atoms with E-state index in [0.29, 0.717) is 12.8 Å². The van der Waals surface area contributed by atoms with Crippen LogP contribution in [0, 0.1) is 0 Å². The zero-order chi connectivity index (χ0) is 23.3. The molecule has 168 valence electrons. The van der Waals surface area contributed by atoms with Crippen LogP contribution >= 0.6 is 11.6 Å². The summed E-state index contributed by atoms with van der Waals surface area (Å²) in [5, 5.41) is 5.37. The first-order valence-electron chi connectivity index (χ1n) is 9.81. The van der Waals surface area contributed by atoms with Gasteiger partial charge in [-0.15, -0.1) is 0 Å². The van der Waals surface area contributed by atoms with E-state index in [9.17, 15) is 22.8 Å². The van der Waals surface area contributed by atoms with Gasteiger partial charge < -0.3 is 10.6 Å². The molecule has 1 saturated heterocycles. The van der Waals surface area contributed by atoms with Gasteiger partial charge in [-0.1, -0.05) is 35.9 Å². The van der Waals surface area contributed by atoms with Crippen molar-refractivity contribution >= 4 is 45.2 Å².